The van der Waals surface area contributed by atoms with Gasteiger partial charge in [0.05, 0.1) is 0 Å². The van der Waals surface area contributed by atoms with Crippen LogP contribution in [-0.2, 0) is 11.3 Å². The summed E-state index contributed by atoms with van der Waals surface area (Å²) in [7, 11) is 0. The molecule has 0 N–H and O–H groups in total. The Morgan fingerprint density at radius 3 is 2.68 bits per heavy atom. The highest BCUT2D eigenvalue weighted by Crippen LogP contribution is 2.30. The predicted octanol–water partition coefficient (Wildman–Crippen LogP) is 3.90. The molecule has 2 aromatic rings. The van der Waals surface area contributed by atoms with Gasteiger partial charge in [-0.3, -0.25) is 4.79 Å². The number of imidazole rings is 1. The first-order valence-electron chi connectivity index (χ1n) is 9.58. The van der Waals surface area contributed by atoms with Crippen LogP contribution in [0.25, 0.3) is 11.4 Å². The molecule has 25 heavy (non-hydrogen) atoms. The first-order chi connectivity index (χ1) is 12.2. The molecular weight excluding hydrogens is 310 g/mol. The van der Waals surface area contributed by atoms with Crippen LogP contribution in [0, 0.1) is 18.8 Å². The number of amides is 1. The Morgan fingerprint density at radius 1 is 1.16 bits per heavy atom. The quantitative estimate of drug-likeness (QED) is 0.849. The lowest BCUT2D eigenvalue weighted by Crippen LogP contribution is -2.33. The summed E-state index contributed by atoms with van der Waals surface area (Å²) in [6.45, 7) is 4.90. The fraction of sp³-hybridized carbons (Fsp3) is 0.524. The minimum Gasteiger partial charge on any atom is -0.342 e. The Morgan fingerprint density at radius 2 is 1.92 bits per heavy atom. The van der Waals surface area contributed by atoms with E-state index in [4.69, 9.17) is 0 Å². The molecule has 4 heteroatoms. The molecule has 0 bridgehead atoms. The van der Waals surface area contributed by atoms with E-state index >= 15 is 0 Å². The number of carbonyl (C=O) groups is 1. The second kappa shape index (κ2) is 7.03. The summed E-state index contributed by atoms with van der Waals surface area (Å²) < 4.78 is 2.32. The van der Waals surface area contributed by atoms with Crippen LogP contribution in [0.2, 0.25) is 0 Å². The molecule has 2 aliphatic rings. The molecule has 4 rings (SSSR count). The molecule has 0 radical (unpaired) electrons. The number of hydrogen-bond donors (Lipinski definition) is 0. The van der Waals surface area contributed by atoms with Gasteiger partial charge in [-0.2, -0.15) is 0 Å². The number of carbonyl (C=O) groups excluding carboxylic acids is 1. The third-order valence-electron chi connectivity index (χ3n) is 5.83. The summed E-state index contributed by atoms with van der Waals surface area (Å²) >= 11 is 0. The largest absolute Gasteiger partial charge is 0.342 e. The van der Waals surface area contributed by atoms with E-state index in [2.05, 4.69) is 45.6 Å². The molecule has 0 spiro atoms. The van der Waals surface area contributed by atoms with Gasteiger partial charge in [-0.1, -0.05) is 43.2 Å². The minimum atomic E-state index is 0.300. The zero-order valence-corrected chi connectivity index (χ0v) is 15.0. The zero-order valence-electron chi connectivity index (χ0n) is 15.0. The van der Waals surface area contributed by atoms with Crippen molar-refractivity contribution >= 4 is 5.91 Å². The highest BCUT2D eigenvalue weighted by molar-refractivity contribution is 5.79. The summed E-state index contributed by atoms with van der Waals surface area (Å²) in [5.74, 6) is 2.28. The Balaban J connectivity index is 1.45. The monoisotopic (exact) mass is 337 g/mol. The predicted molar refractivity (Wildman–Crippen MR) is 99.0 cm³/mol. The molecule has 1 aliphatic heterocycles. The number of rotatable bonds is 4. The van der Waals surface area contributed by atoms with Crippen molar-refractivity contribution in [2.24, 2.45) is 11.8 Å². The van der Waals surface area contributed by atoms with Gasteiger partial charge < -0.3 is 9.47 Å². The van der Waals surface area contributed by atoms with E-state index in [1.54, 1.807) is 0 Å². The lowest BCUT2D eigenvalue weighted by atomic mass is 10.1. The summed E-state index contributed by atoms with van der Waals surface area (Å²) in [4.78, 5) is 19.4. The van der Waals surface area contributed by atoms with Gasteiger partial charge >= 0.3 is 0 Å². The van der Waals surface area contributed by atoms with Crippen LogP contribution in [0.1, 0.15) is 37.8 Å². The van der Waals surface area contributed by atoms with Crippen LogP contribution in [0.5, 0.6) is 0 Å². The fourth-order valence-corrected chi connectivity index (χ4v) is 4.38. The lowest BCUT2D eigenvalue weighted by Gasteiger charge is -2.21. The van der Waals surface area contributed by atoms with Gasteiger partial charge in [0.2, 0.25) is 5.91 Å². The Kier molecular flexibility index (Phi) is 4.60. The standard InChI is InChI=1S/C21H27N3O/c1-16-13-22-20(18-7-3-2-4-8-18)24(16)15-17-11-12-23(14-17)21(25)19-9-5-6-10-19/h2-4,7-8,13,17,19H,5-6,9-12,14-15H2,1H3. The van der Waals surface area contributed by atoms with E-state index in [0.29, 0.717) is 17.7 Å². The third kappa shape index (κ3) is 3.35. The molecule has 4 nitrogen and oxygen atoms in total. The van der Waals surface area contributed by atoms with Crippen molar-refractivity contribution in [1.82, 2.24) is 14.5 Å². The van der Waals surface area contributed by atoms with Gasteiger partial charge in [0.25, 0.3) is 0 Å². The summed E-state index contributed by atoms with van der Waals surface area (Å²) in [6, 6.07) is 10.4. The highest BCUT2D eigenvalue weighted by Gasteiger charge is 2.32. The van der Waals surface area contributed by atoms with E-state index in [9.17, 15) is 4.79 Å². The van der Waals surface area contributed by atoms with Crippen LogP contribution in [0.15, 0.2) is 36.5 Å². The number of aromatic nitrogens is 2. The van der Waals surface area contributed by atoms with E-state index < -0.39 is 0 Å². The Hall–Kier alpha value is -2.10. The van der Waals surface area contributed by atoms with Gasteiger partial charge in [-0.05, 0) is 32.1 Å². The lowest BCUT2D eigenvalue weighted by molar-refractivity contribution is -0.134. The molecule has 1 amide bonds. The SMILES string of the molecule is Cc1cnc(-c2ccccc2)n1CC1CCN(C(=O)C2CCCC2)C1. The zero-order chi connectivity index (χ0) is 17.2. The van der Waals surface area contributed by atoms with Crippen molar-refractivity contribution in [1.29, 1.82) is 0 Å². The topological polar surface area (TPSA) is 38.1 Å². The van der Waals surface area contributed by atoms with Crippen LogP contribution < -0.4 is 0 Å². The number of likely N-dealkylation sites (tertiary alicyclic amines) is 1. The minimum absolute atomic E-state index is 0.300. The van der Waals surface area contributed by atoms with Crippen LogP contribution in [0.4, 0.5) is 0 Å². The highest BCUT2D eigenvalue weighted by atomic mass is 16.2. The molecular formula is C21H27N3O. The molecule has 1 atom stereocenters. The van der Waals surface area contributed by atoms with Crippen molar-refractivity contribution in [3.63, 3.8) is 0 Å². The maximum absolute atomic E-state index is 12.7. The van der Waals surface area contributed by atoms with Crippen LogP contribution in [0.3, 0.4) is 0 Å². The summed E-state index contributed by atoms with van der Waals surface area (Å²) in [5, 5.41) is 0. The molecule has 2 fully saturated rings. The smallest absolute Gasteiger partial charge is 0.225 e. The second-order valence-electron chi connectivity index (χ2n) is 7.62. The molecule has 1 aromatic heterocycles. The Bertz CT molecular complexity index is 731. The van der Waals surface area contributed by atoms with E-state index in [1.807, 2.05) is 12.3 Å². The maximum atomic E-state index is 12.7. The van der Waals surface area contributed by atoms with Gasteiger partial charge in [0, 0.05) is 43.0 Å². The van der Waals surface area contributed by atoms with Crippen molar-refractivity contribution in [2.75, 3.05) is 13.1 Å². The normalized spacial score (nSPS) is 21.2. The van der Waals surface area contributed by atoms with Gasteiger partial charge in [-0.15, -0.1) is 0 Å². The van der Waals surface area contributed by atoms with E-state index in [1.165, 1.54) is 18.5 Å². The second-order valence-corrected chi connectivity index (χ2v) is 7.62. The summed E-state index contributed by atoms with van der Waals surface area (Å²) in [6.07, 6.45) is 7.70. The molecule has 1 unspecified atom stereocenters. The van der Waals surface area contributed by atoms with Gasteiger partial charge in [0.15, 0.2) is 0 Å². The van der Waals surface area contributed by atoms with Crippen molar-refractivity contribution in [2.45, 2.75) is 45.6 Å². The van der Waals surface area contributed by atoms with E-state index in [0.717, 1.165) is 50.3 Å². The molecule has 2 heterocycles. The number of benzene rings is 1. The number of hydrogen-bond acceptors (Lipinski definition) is 2. The van der Waals surface area contributed by atoms with Crippen molar-refractivity contribution in [3.8, 4) is 11.4 Å². The van der Waals surface area contributed by atoms with Gasteiger partial charge in [-0.25, -0.2) is 4.98 Å². The van der Waals surface area contributed by atoms with E-state index in [-0.39, 0.29) is 0 Å². The molecule has 1 saturated heterocycles. The van der Waals surface area contributed by atoms with Crippen LogP contribution in [-0.4, -0.2) is 33.4 Å². The van der Waals surface area contributed by atoms with Gasteiger partial charge in [0.1, 0.15) is 5.82 Å². The molecule has 1 saturated carbocycles. The third-order valence-corrected chi connectivity index (χ3v) is 5.83. The molecule has 1 aromatic carbocycles. The molecule has 132 valence electrons. The maximum Gasteiger partial charge on any atom is 0.225 e. The van der Waals surface area contributed by atoms with Crippen LogP contribution >= 0.6 is 0 Å². The average molecular weight is 337 g/mol. The fourth-order valence-electron chi connectivity index (χ4n) is 4.38. The first kappa shape index (κ1) is 16.4. The van der Waals surface area contributed by atoms with Crippen molar-refractivity contribution < 1.29 is 4.79 Å². The summed E-state index contributed by atoms with van der Waals surface area (Å²) in [5.41, 5.74) is 2.35. The average Bonchev–Trinajstić information content (AvgIpc) is 3.38. The number of nitrogens with zero attached hydrogens (tertiary/aromatic N) is 3. The number of aryl methyl sites for hydroxylation is 1. The molecule has 1 aliphatic carbocycles. The first-order valence-corrected chi connectivity index (χ1v) is 9.58. The Labute approximate surface area is 149 Å². The van der Waals surface area contributed by atoms with Crippen molar-refractivity contribution in [3.05, 3.63) is 42.2 Å².